The van der Waals surface area contributed by atoms with Gasteiger partial charge in [0, 0.05) is 23.9 Å². The second-order valence-electron chi connectivity index (χ2n) is 4.51. The molecule has 0 aromatic carbocycles. The first-order valence-electron chi connectivity index (χ1n) is 6.96. The molecule has 0 atom stereocenters. The number of amides is 1. The topological polar surface area (TPSA) is 120 Å². The second-order valence-corrected chi connectivity index (χ2v) is 4.51. The molecule has 0 aliphatic heterocycles. The number of carboxylic acids is 1. The van der Waals surface area contributed by atoms with Gasteiger partial charge in [-0.25, -0.2) is 0 Å². The molecule has 1 heterocycles. The third-order valence-electron chi connectivity index (χ3n) is 2.81. The lowest BCUT2D eigenvalue weighted by atomic mass is 10.0. The summed E-state index contributed by atoms with van der Waals surface area (Å²) in [6, 6.07) is 3.45. The first kappa shape index (κ1) is 19.6. The Kier molecular flexibility index (Phi) is 10.00. The van der Waals surface area contributed by atoms with E-state index in [0.29, 0.717) is 0 Å². The number of aromatic nitrogens is 1. The molecule has 0 radical (unpaired) electrons. The molecule has 1 amide bonds. The summed E-state index contributed by atoms with van der Waals surface area (Å²) in [5.41, 5.74) is 5.75. The van der Waals surface area contributed by atoms with Gasteiger partial charge in [0.15, 0.2) is 0 Å². The van der Waals surface area contributed by atoms with Crippen molar-refractivity contribution < 1.29 is 24.2 Å². The van der Waals surface area contributed by atoms with Crippen LogP contribution in [0.1, 0.15) is 38.7 Å². The number of carbonyl (C=O) groups is 3. The Bertz CT molecular complexity index is 472. The van der Waals surface area contributed by atoms with Crippen LogP contribution in [-0.2, 0) is 25.7 Å². The van der Waals surface area contributed by atoms with E-state index in [0.717, 1.165) is 18.4 Å². The van der Waals surface area contributed by atoms with Crippen molar-refractivity contribution in [3.8, 4) is 0 Å². The summed E-state index contributed by atoms with van der Waals surface area (Å²) in [7, 11) is 0. The number of rotatable bonds is 7. The number of nitrogens with two attached hydrogens (primary N) is 1. The lowest BCUT2D eigenvalue weighted by molar-refractivity contribution is -0.152. The number of carbonyl (C=O) groups excluding carboxylic acids is 2. The minimum atomic E-state index is -1.19. The predicted molar refractivity (Wildman–Crippen MR) is 79.6 cm³/mol. The Morgan fingerprint density at radius 2 is 1.95 bits per heavy atom. The van der Waals surface area contributed by atoms with E-state index in [4.69, 9.17) is 10.8 Å². The Morgan fingerprint density at radius 1 is 1.32 bits per heavy atom. The summed E-state index contributed by atoms with van der Waals surface area (Å²) in [5, 5.41) is 8.27. The summed E-state index contributed by atoms with van der Waals surface area (Å²) in [6.07, 6.45) is 4.27. The van der Waals surface area contributed by atoms with Gasteiger partial charge >= 0.3 is 11.9 Å². The molecule has 0 saturated heterocycles. The Labute approximate surface area is 129 Å². The van der Waals surface area contributed by atoms with Crippen LogP contribution < -0.4 is 5.73 Å². The van der Waals surface area contributed by atoms with Gasteiger partial charge in [-0.05, 0) is 18.9 Å². The molecule has 122 valence electrons. The molecular formula is C15H22N2O5. The molecule has 7 heteroatoms. The van der Waals surface area contributed by atoms with Crippen LogP contribution in [0.25, 0.3) is 0 Å². The number of pyridine rings is 1. The zero-order valence-electron chi connectivity index (χ0n) is 12.8. The van der Waals surface area contributed by atoms with Crippen molar-refractivity contribution in [3.05, 3.63) is 30.1 Å². The number of primary amides is 1. The highest BCUT2D eigenvalue weighted by atomic mass is 16.5. The van der Waals surface area contributed by atoms with Gasteiger partial charge in [-0.1, -0.05) is 19.9 Å². The molecule has 0 aliphatic rings. The van der Waals surface area contributed by atoms with Gasteiger partial charge < -0.3 is 15.6 Å². The molecule has 0 saturated carbocycles. The third kappa shape index (κ3) is 9.46. The van der Waals surface area contributed by atoms with E-state index in [2.05, 4.69) is 9.72 Å². The van der Waals surface area contributed by atoms with Gasteiger partial charge in [-0.15, -0.1) is 0 Å². The fraction of sp³-hybridized carbons (Fsp3) is 0.467. The van der Waals surface area contributed by atoms with Crippen LogP contribution in [0, 0.1) is 5.92 Å². The lowest BCUT2D eigenvalue weighted by Crippen LogP contribution is -2.21. The molecule has 3 N–H and O–H groups in total. The fourth-order valence-electron chi connectivity index (χ4n) is 1.51. The van der Waals surface area contributed by atoms with E-state index in [1.165, 1.54) is 0 Å². The summed E-state index contributed by atoms with van der Waals surface area (Å²) in [6.45, 7) is 4.00. The summed E-state index contributed by atoms with van der Waals surface area (Å²) >= 11 is 0. The van der Waals surface area contributed by atoms with Crippen LogP contribution in [0.3, 0.4) is 0 Å². The maximum absolute atomic E-state index is 10.8. The summed E-state index contributed by atoms with van der Waals surface area (Å²) < 4.78 is 4.68. The molecular weight excluding hydrogens is 288 g/mol. The molecule has 0 spiro atoms. The van der Waals surface area contributed by atoms with Crippen LogP contribution in [0.5, 0.6) is 0 Å². The molecule has 1 aromatic heterocycles. The quantitative estimate of drug-likeness (QED) is 0.582. The van der Waals surface area contributed by atoms with E-state index in [1.807, 2.05) is 13.8 Å². The smallest absolute Gasteiger partial charge is 0.317 e. The van der Waals surface area contributed by atoms with Gasteiger partial charge in [-0.3, -0.25) is 19.4 Å². The van der Waals surface area contributed by atoms with Gasteiger partial charge in [0.05, 0.1) is 0 Å². The molecule has 1 rings (SSSR count). The maximum Gasteiger partial charge on any atom is 0.317 e. The molecule has 0 aliphatic carbocycles. The van der Waals surface area contributed by atoms with Gasteiger partial charge in [0.2, 0.25) is 5.91 Å². The maximum atomic E-state index is 10.8. The van der Waals surface area contributed by atoms with Crippen LogP contribution in [-0.4, -0.2) is 27.9 Å². The molecule has 7 nitrogen and oxygen atoms in total. The third-order valence-corrected chi connectivity index (χ3v) is 2.81. The largest absolute Gasteiger partial charge is 0.481 e. The van der Waals surface area contributed by atoms with Crippen LogP contribution in [0.2, 0.25) is 0 Å². The number of hydrogen-bond donors (Lipinski definition) is 2. The zero-order valence-corrected chi connectivity index (χ0v) is 12.8. The zero-order chi connectivity index (χ0) is 17.0. The van der Waals surface area contributed by atoms with Crippen LogP contribution in [0.4, 0.5) is 0 Å². The van der Waals surface area contributed by atoms with E-state index in [9.17, 15) is 14.4 Å². The number of aliphatic carboxylic acids is 1. The highest BCUT2D eigenvalue weighted by Crippen LogP contribution is 2.04. The Hall–Kier alpha value is -2.44. The van der Waals surface area contributed by atoms with Crippen molar-refractivity contribution in [1.82, 2.24) is 4.98 Å². The van der Waals surface area contributed by atoms with Crippen molar-refractivity contribution in [1.29, 1.82) is 0 Å². The summed E-state index contributed by atoms with van der Waals surface area (Å²) in [5.74, 6) is -2.02. The van der Waals surface area contributed by atoms with Gasteiger partial charge in [0.1, 0.15) is 13.0 Å². The van der Waals surface area contributed by atoms with E-state index >= 15 is 0 Å². The number of nitrogens with zero attached hydrogens (tertiary/aromatic N) is 1. The molecule has 0 unspecified atom stereocenters. The Morgan fingerprint density at radius 3 is 2.32 bits per heavy atom. The molecule has 0 bridgehead atoms. The van der Waals surface area contributed by atoms with E-state index < -0.39 is 18.4 Å². The normalized spacial score (nSPS) is 9.59. The summed E-state index contributed by atoms with van der Waals surface area (Å²) in [4.78, 5) is 35.1. The van der Waals surface area contributed by atoms with Crippen molar-refractivity contribution in [3.63, 3.8) is 0 Å². The molecule has 22 heavy (non-hydrogen) atoms. The molecule has 1 aromatic rings. The first-order valence-corrected chi connectivity index (χ1v) is 6.96. The lowest BCUT2D eigenvalue weighted by Gasteiger charge is -2.04. The average molecular weight is 310 g/mol. The average Bonchev–Trinajstić information content (AvgIpc) is 2.47. The SMILES string of the molecule is CCC(CC)C(N)=O.O=C(O)CC(=O)OCc1cccnc1. The highest BCUT2D eigenvalue weighted by molar-refractivity contribution is 5.90. The minimum absolute atomic E-state index is 0.0555. The molecule has 0 fully saturated rings. The number of carboxylic acid groups (broad SMARTS) is 1. The standard InChI is InChI=1S/C9H9NO4.C6H13NO/c11-8(12)4-9(13)14-6-7-2-1-3-10-5-7;1-3-5(4-2)6(7)8/h1-3,5H,4,6H2,(H,11,12);5H,3-4H2,1-2H3,(H2,7,8). The number of ether oxygens (including phenoxy) is 1. The monoisotopic (exact) mass is 310 g/mol. The van der Waals surface area contributed by atoms with Gasteiger partial charge in [0.25, 0.3) is 0 Å². The van der Waals surface area contributed by atoms with Crippen molar-refractivity contribution in [2.24, 2.45) is 11.7 Å². The van der Waals surface area contributed by atoms with Crippen molar-refractivity contribution in [2.45, 2.75) is 39.7 Å². The van der Waals surface area contributed by atoms with Crippen LogP contribution >= 0.6 is 0 Å². The fourth-order valence-corrected chi connectivity index (χ4v) is 1.51. The van der Waals surface area contributed by atoms with Crippen molar-refractivity contribution in [2.75, 3.05) is 0 Å². The van der Waals surface area contributed by atoms with Crippen LogP contribution in [0.15, 0.2) is 24.5 Å². The first-order chi connectivity index (χ1) is 10.4. The predicted octanol–water partition coefficient (Wildman–Crippen LogP) is 1.51. The van der Waals surface area contributed by atoms with E-state index in [1.54, 1.807) is 24.5 Å². The number of hydrogen-bond acceptors (Lipinski definition) is 5. The number of esters is 1. The minimum Gasteiger partial charge on any atom is -0.481 e. The Balaban J connectivity index is 0.000000472. The highest BCUT2D eigenvalue weighted by Gasteiger charge is 2.08. The second kappa shape index (κ2) is 11.2. The van der Waals surface area contributed by atoms with Gasteiger partial charge in [-0.2, -0.15) is 0 Å². The van der Waals surface area contributed by atoms with E-state index in [-0.39, 0.29) is 18.4 Å². The van der Waals surface area contributed by atoms with Crippen molar-refractivity contribution >= 4 is 17.8 Å².